The first-order valence-corrected chi connectivity index (χ1v) is 9.29. The molecule has 0 bridgehead atoms. The summed E-state index contributed by atoms with van der Waals surface area (Å²) in [5.41, 5.74) is 2.16. The van der Waals surface area contributed by atoms with E-state index < -0.39 is 6.04 Å². The zero-order chi connectivity index (χ0) is 20.6. The molecule has 1 aromatic heterocycles. The Bertz CT molecular complexity index is 947. The van der Waals surface area contributed by atoms with Crippen molar-refractivity contribution in [1.82, 2.24) is 15.2 Å². The minimum Gasteiger partial charge on any atom is -0.348 e. The molecule has 1 atom stereocenters. The molecule has 0 saturated heterocycles. The number of carbonyl (C=O) groups is 2. The van der Waals surface area contributed by atoms with E-state index in [1.54, 1.807) is 24.4 Å². The average molecular weight is 391 g/mol. The summed E-state index contributed by atoms with van der Waals surface area (Å²) < 4.78 is 13.2. The van der Waals surface area contributed by atoms with Gasteiger partial charge < -0.3 is 10.2 Å². The Labute approximate surface area is 169 Å². The second-order valence-electron chi connectivity index (χ2n) is 6.63. The second kappa shape index (κ2) is 9.59. The van der Waals surface area contributed by atoms with Crippen LogP contribution in [0.4, 0.5) is 4.39 Å². The van der Waals surface area contributed by atoms with Crippen molar-refractivity contribution < 1.29 is 14.0 Å². The van der Waals surface area contributed by atoms with Crippen LogP contribution in [0, 0.1) is 5.82 Å². The van der Waals surface area contributed by atoms with Crippen LogP contribution in [0.5, 0.6) is 0 Å². The number of hydrogen-bond acceptors (Lipinski definition) is 3. The third-order valence-corrected chi connectivity index (χ3v) is 4.52. The number of hydrogen-bond donors (Lipinski definition) is 1. The van der Waals surface area contributed by atoms with E-state index >= 15 is 0 Å². The number of nitrogens with zero attached hydrogens (tertiary/aromatic N) is 2. The Balaban J connectivity index is 1.86. The zero-order valence-electron chi connectivity index (χ0n) is 16.1. The first kappa shape index (κ1) is 20.2. The molecule has 0 radical (unpaired) electrons. The van der Waals surface area contributed by atoms with E-state index in [1.807, 2.05) is 42.5 Å². The summed E-state index contributed by atoms with van der Waals surface area (Å²) in [5.74, 6) is -0.911. The van der Waals surface area contributed by atoms with Gasteiger partial charge in [-0.3, -0.25) is 14.6 Å². The van der Waals surface area contributed by atoms with Gasteiger partial charge in [-0.25, -0.2) is 4.39 Å². The summed E-state index contributed by atoms with van der Waals surface area (Å²) in [6.07, 6.45) is 1.66. The highest BCUT2D eigenvalue weighted by molar-refractivity contribution is 5.88. The monoisotopic (exact) mass is 391 g/mol. The predicted octanol–water partition coefficient (Wildman–Crippen LogP) is 3.63. The van der Waals surface area contributed by atoms with Gasteiger partial charge in [0.05, 0.1) is 12.2 Å². The van der Waals surface area contributed by atoms with E-state index in [2.05, 4.69) is 10.3 Å². The van der Waals surface area contributed by atoms with Gasteiger partial charge in [-0.1, -0.05) is 48.5 Å². The highest BCUT2D eigenvalue weighted by Crippen LogP contribution is 2.24. The Morgan fingerprint density at radius 2 is 1.69 bits per heavy atom. The van der Waals surface area contributed by atoms with Crippen LogP contribution in [0.15, 0.2) is 79.0 Å². The van der Waals surface area contributed by atoms with Gasteiger partial charge in [0.25, 0.3) is 0 Å². The second-order valence-corrected chi connectivity index (χ2v) is 6.63. The number of halogens is 1. The van der Waals surface area contributed by atoms with Crippen molar-refractivity contribution in [2.24, 2.45) is 0 Å². The highest BCUT2D eigenvalue weighted by Gasteiger charge is 2.29. The van der Waals surface area contributed by atoms with Crippen molar-refractivity contribution in [3.05, 3.63) is 102 Å². The maximum atomic E-state index is 13.2. The summed E-state index contributed by atoms with van der Waals surface area (Å²) >= 11 is 0. The van der Waals surface area contributed by atoms with Crippen LogP contribution in [0.3, 0.4) is 0 Å². The summed E-state index contributed by atoms with van der Waals surface area (Å²) in [6.45, 7) is 1.86. The normalized spacial score (nSPS) is 11.5. The summed E-state index contributed by atoms with van der Waals surface area (Å²) in [7, 11) is 0. The number of benzene rings is 2. The van der Waals surface area contributed by atoms with Gasteiger partial charge in [0, 0.05) is 19.7 Å². The molecule has 0 spiro atoms. The molecule has 2 aromatic carbocycles. The van der Waals surface area contributed by atoms with E-state index in [9.17, 15) is 14.0 Å². The number of amides is 2. The fourth-order valence-corrected chi connectivity index (χ4v) is 3.06. The lowest BCUT2D eigenvalue weighted by Crippen LogP contribution is -2.42. The third kappa shape index (κ3) is 5.48. The number of rotatable bonds is 7. The van der Waals surface area contributed by atoms with E-state index in [0.717, 1.165) is 11.3 Å². The number of carbonyl (C=O) groups excluding carboxylic acids is 2. The Hall–Kier alpha value is -3.54. The molecule has 0 fully saturated rings. The van der Waals surface area contributed by atoms with Gasteiger partial charge >= 0.3 is 0 Å². The maximum Gasteiger partial charge on any atom is 0.247 e. The van der Waals surface area contributed by atoms with Crippen molar-refractivity contribution in [3.63, 3.8) is 0 Å². The van der Waals surface area contributed by atoms with Gasteiger partial charge in [0.1, 0.15) is 11.9 Å². The molecule has 2 amide bonds. The molecule has 0 unspecified atom stereocenters. The van der Waals surface area contributed by atoms with Crippen molar-refractivity contribution >= 4 is 11.8 Å². The molecule has 29 heavy (non-hydrogen) atoms. The van der Waals surface area contributed by atoms with Gasteiger partial charge in [-0.15, -0.1) is 0 Å². The molecular formula is C23H22FN3O2. The largest absolute Gasteiger partial charge is 0.348 e. The van der Waals surface area contributed by atoms with Crippen molar-refractivity contribution in [3.8, 4) is 0 Å². The summed E-state index contributed by atoms with van der Waals surface area (Å²) in [6, 6.07) is 19.7. The van der Waals surface area contributed by atoms with Crippen molar-refractivity contribution in [2.75, 3.05) is 0 Å². The first-order chi connectivity index (χ1) is 14.0. The van der Waals surface area contributed by atoms with Crippen LogP contribution in [0.1, 0.15) is 29.8 Å². The molecule has 1 N–H and O–H groups in total. The topological polar surface area (TPSA) is 62.3 Å². The fraction of sp³-hybridized carbons (Fsp3) is 0.174. The minimum atomic E-state index is -0.817. The third-order valence-electron chi connectivity index (χ3n) is 4.52. The lowest BCUT2D eigenvalue weighted by Gasteiger charge is -2.30. The lowest BCUT2D eigenvalue weighted by molar-refractivity contribution is -0.140. The van der Waals surface area contributed by atoms with Gasteiger partial charge in [0.2, 0.25) is 11.8 Å². The van der Waals surface area contributed by atoms with E-state index in [1.165, 1.54) is 24.0 Å². The number of nitrogens with one attached hydrogen (secondary N) is 1. The summed E-state index contributed by atoms with van der Waals surface area (Å²) in [5, 5.41) is 2.87. The average Bonchev–Trinajstić information content (AvgIpc) is 2.74. The van der Waals surface area contributed by atoms with E-state index in [0.29, 0.717) is 5.56 Å². The molecule has 3 aromatic rings. The number of aromatic nitrogens is 1. The highest BCUT2D eigenvalue weighted by atomic mass is 19.1. The van der Waals surface area contributed by atoms with Crippen molar-refractivity contribution in [1.29, 1.82) is 0 Å². The molecule has 0 saturated carbocycles. The standard InChI is InChI=1S/C23H22FN3O2/c1-17(28)27(16-18-10-12-20(24)13-11-18)22(19-7-3-2-4-8-19)23(29)26-15-21-9-5-6-14-25-21/h2-14,22H,15-16H2,1H3,(H,26,29)/t22-/m0/s1. The maximum absolute atomic E-state index is 13.2. The molecule has 0 aliphatic carbocycles. The van der Waals surface area contributed by atoms with Crippen LogP contribution < -0.4 is 5.32 Å². The molecule has 0 aliphatic rings. The quantitative estimate of drug-likeness (QED) is 0.669. The first-order valence-electron chi connectivity index (χ1n) is 9.29. The van der Waals surface area contributed by atoms with Gasteiger partial charge in [-0.05, 0) is 35.4 Å². The molecule has 3 rings (SSSR count). The Morgan fingerprint density at radius 3 is 2.31 bits per heavy atom. The fourth-order valence-electron chi connectivity index (χ4n) is 3.06. The van der Waals surface area contributed by atoms with Crippen molar-refractivity contribution in [2.45, 2.75) is 26.1 Å². The summed E-state index contributed by atoms with van der Waals surface area (Å²) in [4.78, 5) is 31.3. The Morgan fingerprint density at radius 1 is 1.00 bits per heavy atom. The molecule has 1 heterocycles. The zero-order valence-corrected chi connectivity index (χ0v) is 16.1. The minimum absolute atomic E-state index is 0.187. The Kier molecular flexibility index (Phi) is 6.68. The SMILES string of the molecule is CC(=O)N(Cc1ccc(F)cc1)[C@H](C(=O)NCc1ccccn1)c1ccccc1. The van der Waals surface area contributed by atoms with Gasteiger partial charge in [-0.2, -0.15) is 0 Å². The molecule has 6 heteroatoms. The van der Waals surface area contributed by atoms with Crippen LogP contribution in [0.25, 0.3) is 0 Å². The van der Waals surface area contributed by atoms with E-state index in [-0.39, 0.29) is 30.7 Å². The van der Waals surface area contributed by atoms with E-state index in [4.69, 9.17) is 0 Å². The van der Waals surface area contributed by atoms with Crippen LogP contribution >= 0.6 is 0 Å². The molecule has 0 aliphatic heterocycles. The predicted molar refractivity (Wildman–Crippen MR) is 108 cm³/mol. The smallest absolute Gasteiger partial charge is 0.247 e. The molecular weight excluding hydrogens is 369 g/mol. The molecule has 5 nitrogen and oxygen atoms in total. The van der Waals surface area contributed by atoms with Crippen LogP contribution in [-0.4, -0.2) is 21.7 Å². The van der Waals surface area contributed by atoms with Crippen LogP contribution in [-0.2, 0) is 22.7 Å². The molecule has 148 valence electrons. The van der Waals surface area contributed by atoms with Crippen LogP contribution in [0.2, 0.25) is 0 Å². The lowest BCUT2D eigenvalue weighted by atomic mass is 10.0. The van der Waals surface area contributed by atoms with Gasteiger partial charge in [0.15, 0.2) is 0 Å². The number of pyridine rings is 1.